The summed E-state index contributed by atoms with van der Waals surface area (Å²) in [7, 11) is 0. The molecule has 0 aliphatic heterocycles. The topological polar surface area (TPSA) is 66.4 Å². The van der Waals surface area contributed by atoms with Gasteiger partial charge in [0.15, 0.2) is 0 Å². The molecule has 0 radical (unpaired) electrons. The number of carbonyl (C=O) groups is 2. The molecule has 2 N–H and O–H groups in total. The van der Waals surface area contributed by atoms with Gasteiger partial charge in [-0.25, -0.2) is 4.79 Å². The van der Waals surface area contributed by atoms with Gasteiger partial charge in [0, 0.05) is 16.1 Å². The molecule has 0 spiro atoms. The van der Waals surface area contributed by atoms with E-state index in [2.05, 4.69) is 5.32 Å². The summed E-state index contributed by atoms with van der Waals surface area (Å²) in [6.07, 6.45) is 1.96. The van der Waals surface area contributed by atoms with Gasteiger partial charge in [-0.05, 0) is 42.7 Å². The van der Waals surface area contributed by atoms with E-state index in [9.17, 15) is 9.59 Å². The van der Waals surface area contributed by atoms with Crippen molar-refractivity contribution in [3.8, 4) is 0 Å². The van der Waals surface area contributed by atoms with Gasteiger partial charge in [-0.15, -0.1) is 11.8 Å². The lowest BCUT2D eigenvalue weighted by Crippen LogP contribution is -2.12. The SMILES string of the molecule is CSc1cccc(NC(=O)c2cccc(C(=O)O)c2)c1. The molecule has 0 saturated carbocycles. The first-order valence-electron chi connectivity index (χ1n) is 5.89. The fourth-order valence-electron chi connectivity index (χ4n) is 1.70. The van der Waals surface area contributed by atoms with Crippen LogP contribution in [0, 0.1) is 0 Å². The quantitative estimate of drug-likeness (QED) is 0.846. The summed E-state index contributed by atoms with van der Waals surface area (Å²) in [5.74, 6) is -1.38. The molecule has 0 aromatic heterocycles. The Morgan fingerprint density at radius 2 is 1.75 bits per heavy atom. The second-order valence-corrected chi connectivity index (χ2v) is 4.95. The third-order valence-electron chi connectivity index (χ3n) is 2.70. The second-order valence-electron chi connectivity index (χ2n) is 4.07. The van der Waals surface area contributed by atoms with E-state index in [1.54, 1.807) is 30.0 Å². The minimum atomic E-state index is -1.05. The van der Waals surface area contributed by atoms with Crippen LogP contribution in [-0.2, 0) is 0 Å². The Morgan fingerprint density at radius 1 is 1.05 bits per heavy atom. The van der Waals surface area contributed by atoms with E-state index in [-0.39, 0.29) is 11.5 Å². The van der Waals surface area contributed by atoms with Crippen molar-refractivity contribution in [2.45, 2.75) is 4.90 Å². The van der Waals surface area contributed by atoms with Gasteiger partial charge in [0.25, 0.3) is 5.91 Å². The lowest BCUT2D eigenvalue weighted by atomic mass is 10.1. The van der Waals surface area contributed by atoms with Gasteiger partial charge in [-0.1, -0.05) is 12.1 Å². The van der Waals surface area contributed by atoms with Crippen LogP contribution < -0.4 is 5.32 Å². The van der Waals surface area contributed by atoms with E-state index in [1.807, 2.05) is 24.5 Å². The molecule has 0 unspecified atom stereocenters. The third kappa shape index (κ3) is 3.39. The molecule has 0 fully saturated rings. The second kappa shape index (κ2) is 6.25. The zero-order chi connectivity index (χ0) is 14.5. The van der Waals surface area contributed by atoms with Crippen LogP contribution in [0.1, 0.15) is 20.7 Å². The molecule has 102 valence electrons. The van der Waals surface area contributed by atoms with Crippen molar-refractivity contribution >= 4 is 29.3 Å². The number of nitrogens with one attached hydrogen (secondary N) is 1. The fraction of sp³-hybridized carbons (Fsp3) is 0.0667. The highest BCUT2D eigenvalue weighted by Crippen LogP contribution is 2.19. The number of thioether (sulfide) groups is 1. The van der Waals surface area contributed by atoms with Crippen LogP contribution in [0.4, 0.5) is 5.69 Å². The molecule has 20 heavy (non-hydrogen) atoms. The number of amides is 1. The molecule has 0 atom stereocenters. The summed E-state index contributed by atoms with van der Waals surface area (Å²) in [6.45, 7) is 0. The number of hydrogen-bond acceptors (Lipinski definition) is 3. The standard InChI is InChI=1S/C15H13NO3S/c1-20-13-7-3-6-12(9-13)16-14(17)10-4-2-5-11(8-10)15(18)19/h2-9H,1H3,(H,16,17)(H,18,19). The van der Waals surface area contributed by atoms with Crippen molar-refractivity contribution in [2.24, 2.45) is 0 Å². The molecule has 0 aliphatic carbocycles. The highest BCUT2D eigenvalue weighted by molar-refractivity contribution is 7.98. The third-order valence-corrected chi connectivity index (χ3v) is 3.42. The number of hydrogen-bond donors (Lipinski definition) is 2. The first kappa shape index (κ1) is 14.1. The van der Waals surface area contributed by atoms with Gasteiger partial charge in [0.2, 0.25) is 0 Å². The number of benzene rings is 2. The molecule has 2 rings (SSSR count). The molecular formula is C15H13NO3S. The molecule has 0 heterocycles. The maximum atomic E-state index is 12.1. The summed E-state index contributed by atoms with van der Waals surface area (Å²) >= 11 is 1.58. The van der Waals surface area contributed by atoms with E-state index in [0.717, 1.165) is 4.90 Å². The molecule has 0 aliphatic rings. The Kier molecular flexibility index (Phi) is 4.42. The van der Waals surface area contributed by atoms with E-state index >= 15 is 0 Å². The van der Waals surface area contributed by atoms with Gasteiger partial charge >= 0.3 is 5.97 Å². The monoisotopic (exact) mass is 287 g/mol. The zero-order valence-electron chi connectivity index (χ0n) is 10.8. The van der Waals surface area contributed by atoms with Gasteiger partial charge in [-0.2, -0.15) is 0 Å². The fourth-order valence-corrected chi connectivity index (χ4v) is 2.16. The normalized spacial score (nSPS) is 10.1. The summed E-state index contributed by atoms with van der Waals surface area (Å²) in [4.78, 5) is 24.0. The number of carboxylic acid groups (broad SMARTS) is 1. The van der Waals surface area contributed by atoms with Crippen LogP contribution in [0.15, 0.2) is 53.4 Å². The summed E-state index contributed by atoms with van der Waals surface area (Å²) in [6, 6.07) is 13.4. The number of rotatable bonds is 4. The van der Waals surface area contributed by atoms with Crippen molar-refractivity contribution in [1.29, 1.82) is 0 Å². The lowest BCUT2D eigenvalue weighted by Gasteiger charge is -2.07. The molecule has 0 saturated heterocycles. The predicted octanol–water partition coefficient (Wildman–Crippen LogP) is 3.36. The maximum Gasteiger partial charge on any atom is 0.335 e. The molecule has 0 bridgehead atoms. The minimum absolute atomic E-state index is 0.0931. The largest absolute Gasteiger partial charge is 0.478 e. The number of aromatic carboxylic acids is 1. The van der Waals surface area contributed by atoms with E-state index in [0.29, 0.717) is 11.3 Å². The average molecular weight is 287 g/mol. The van der Waals surface area contributed by atoms with Crippen LogP contribution >= 0.6 is 11.8 Å². The minimum Gasteiger partial charge on any atom is -0.478 e. The first-order chi connectivity index (χ1) is 9.60. The van der Waals surface area contributed by atoms with Gasteiger partial charge in [0.05, 0.1) is 5.56 Å². The molecule has 4 nitrogen and oxygen atoms in total. The van der Waals surface area contributed by atoms with Crippen LogP contribution in [-0.4, -0.2) is 23.2 Å². The van der Waals surface area contributed by atoms with E-state index in [1.165, 1.54) is 12.1 Å². The summed E-state index contributed by atoms with van der Waals surface area (Å²) in [5.41, 5.74) is 1.09. The zero-order valence-corrected chi connectivity index (χ0v) is 11.6. The molecule has 5 heteroatoms. The highest BCUT2D eigenvalue weighted by Gasteiger charge is 2.09. The maximum absolute atomic E-state index is 12.1. The Morgan fingerprint density at radius 3 is 2.45 bits per heavy atom. The van der Waals surface area contributed by atoms with E-state index < -0.39 is 5.97 Å². The van der Waals surface area contributed by atoms with Crippen molar-refractivity contribution < 1.29 is 14.7 Å². The predicted molar refractivity (Wildman–Crippen MR) is 79.6 cm³/mol. The number of carboxylic acids is 1. The number of anilines is 1. The molecular weight excluding hydrogens is 274 g/mol. The van der Waals surface area contributed by atoms with Crippen molar-refractivity contribution in [1.82, 2.24) is 0 Å². The lowest BCUT2D eigenvalue weighted by molar-refractivity contribution is 0.0697. The van der Waals surface area contributed by atoms with Crippen molar-refractivity contribution in [2.75, 3.05) is 11.6 Å². The Bertz CT molecular complexity index is 655. The van der Waals surface area contributed by atoms with Crippen LogP contribution in [0.3, 0.4) is 0 Å². The summed E-state index contributed by atoms with van der Waals surface area (Å²) in [5, 5.41) is 11.7. The smallest absolute Gasteiger partial charge is 0.335 e. The van der Waals surface area contributed by atoms with E-state index in [4.69, 9.17) is 5.11 Å². The van der Waals surface area contributed by atoms with Crippen molar-refractivity contribution in [3.63, 3.8) is 0 Å². The van der Waals surface area contributed by atoms with Crippen LogP contribution in [0.25, 0.3) is 0 Å². The highest BCUT2D eigenvalue weighted by atomic mass is 32.2. The Labute approximate surface area is 120 Å². The molecule has 2 aromatic carbocycles. The molecule has 2 aromatic rings. The molecule has 1 amide bonds. The van der Waals surface area contributed by atoms with Crippen LogP contribution in [0.2, 0.25) is 0 Å². The van der Waals surface area contributed by atoms with Crippen molar-refractivity contribution in [3.05, 3.63) is 59.7 Å². The summed E-state index contributed by atoms with van der Waals surface area (Å²) < 4.78 is 0. The first-order valence-corrected chi connectivity index (χ1v) is 7.11. The average Bonchev–Trinajstić information content (AvgIpc) is 2.47. The van der Waals surface area contributed by atoms with Gasteiger partial charge < -0.3 is 10.4 Å². The Balaban J connectivity index is 2.19. The van der Waals surface area contributed by atoms with Gasteiger partial charge in [-0.3, -0.25) is 4.79 Å². The van der Waals surface area contributed by atoms with Gasteiger partial charge in [0.1, 0.15) is 0 Å². The van der Waals surface area contributed by atoms with Crippen LogP contribution in [0.5, 0.6) is 0 Å². The number of carbonyl (C=O) groups excluding carboxylic acids is 1. The Hall–Kier alpha value is -2.27.